The summed E-state index contributed by atoms with van der Waals surface area (Å²) in [5.41, 5.74) is -2.60. The molecule has 3 nitrogen and oxygen atoms in total. The van der Waals surface area contributed by atoms with E-state index in [0.717, 1.165) is 38.5 Å². The van der Waals surface area contributed by atoms with E-state index < -0.39 is 11.2 Å². The highest BCUT2D eigenvalue weighted by atomic mass is 16.4. The maximum absolute atomic E-state index is 12.1. The van der Waals surface area contributed by atoms with Crippen molar-refractivity contribution in [3.63, 3.8) is 0 Å². The van der Waals surface area contributed by atoms with Crippen LogP contribution < -0.4 is 0 Å². The van der Waals surface area contributed by atoms with Crippen LogP contribution >= 0.6 is 0 Å². The monoisotopic (exact) mass is 759 g/mol. The Labute approximate surface area is 339 Å². The molecule has 0 aliphatic heterocycles. The van der Waals surface area contributed by atoms with Crippen molar-refractivity contribution in [1.82, 2.24) is 0 Å². The molecule has 1 atom stereocenters. The second kappa shape index (κ2) is 41.7. The normalized spacial score (nSPS) is 13.7. The Balaban J connectivity index is 4.59. The van der Waals surface area contributed by atoms with Crippen molar-refractivity contribution in [2.45, 2.75) is 282 Å². The van der Waals surface area contributed by atoms with Crippen molar-refractivity contribution in [3.05, 3.63) is 36.5 Å². The smallest absolute Gasteiger partial charge is 0.116 e. The maximum atomic E-state index is 12.1. The van der Waals surface area contributed by atoms with Gasteiger partial charge in [-0.05, 0) is 96.3 Å². The fraction of sp³-hybridized carbons (Fsp3) is 0.882. The molecule has 0 bridgehead atoms. The quantitative estimate of drug-likeness (QED) is 0.0428. The lowest BCUT2D eigenvalue weighted by molar-refractivity contribution is -0.185. The fourth-order valence-electron chi connectivity index (χ4n) is 7.98. The molecule has 0 spiro atoms. The number of unbranched alkanes of at least 4 members (excludes halogenated alkanes) is 30. The summed E-state index contributed by atoms with van der Waals surface area (Å²) in [4.78, 5) is 0. The largest absolute Gasteiger partial charge is 0.393 e. The summed E-state index contributed by atoms with van der Waals surface area (Å²) >= 11 is 0. The number of aliphatic hydroxyl groups excluding tert-OH is 1. The van der Waals surface area contributed by atoms with Gasteiger partial charge in [-0.15, -0.1) is 0 Å². The minimum absolute atomic E-state index is 0.341. The van der Waals surface area contributed by atoms with Gasteiger partial charge in [-0.3, -0.25) is 0 Å². The van der Waals surface area contributed by atoms with Crippen LogP contribution in [0, 0.1) is 0 Å². The molecule has 0 rings (SSSR count). The Bertz CT molecular complexity index is 778. The zero-order valence-corrected chi connectivity index (χ0v) is 37.1. The van der Waals surface area contributed by atoms with E-state index in [2.05, 4.69) is 57.2 Å². The van der Waals surface area contributed by atoms with Crippen LogP contribution in [-0.2, 0) is 0 Å². The molecule has 0 aromatic heterocycles. The van der Waals surface area contributed by atoms with E-state index in [1.165, 1.54) is 193 Å². The van der Waals surface area contributed by atoms with Crippen molar-refractivity contribution in [2.75, 3.05) is 6.61 Å². The molecule has 0 aromatic rings. The van der Waals surface area contributed by atoms with Crippen LogP contribution in [0.4, 0.5) is 0 Å². The predicted octanol–water partition coefficient (Wildman–Crippen LogP) is 16.4. The highest BCUT2D eigenvalue weighted by Crippen LogP contribution is 2.37. The fourth-order valence-corrected chi connectivity index (χ4v) is 7.98. The summed E-state index contributed by atoms with van der Waals surface area (Å²) in [6.07, 6.45) is 60.2. The van der Waals surface area contributed by atoms with Gasteiger partial charge in [0.25, 0.3) is 0 Å². The summed E-state index contributed by atoms with van der Waals surface area (Å²) < 4.78 is 0. The topological polar surface area (TPSA) is 60.7 Å². The maximum Gasteiger partial charge on any atom is 0.116 e. The van der Waals surface area contributed by atoms with Crippen LogP contribution in [0.25, 0.3) is 0 Å². The SMILES string of the molecule is CCCCCC/C=C\CCCCCCCCC(O)(CO)C(O)(CCCCCCCC/C=C\CCCCCC)CCCCCCCC/C=C\CCCCCC. The second-order valence-electron chi connectivity index (χ2n) is 17.2. The average molecular weight is 759 g/mol. The Hall–Kier alpha value is -0.900. The lowest BCUT2D eigenvalue weighted by Crippen LogP contribution is -2.56. The van der Waals surface area contributed by atoms with Crippen molar-refractivity contribution in [2.24, 2.45) is 0 Å². The molecule has 54 heavy (non-hydrogen) atoms. The van der Waals surface area contributed by atoms with Crippen LogP contribution in [-0.4, -0.2) is 33.1 Å². The van der Waals surface area contributed by atoms with E-state index in [4.69, 9.17) is 0 Å². The molecule has 0 fully saturated rings. The van der Waals surface area contributed by atoms with Gasteiger partial charge in [0.2, 0.25) is 0 Å². The van der Waals surface area contributed by atoms with Gasteiger partial charge < -0.3 is 15.3 Å². The third-order valence-corrected chi connectivity index (χ3v) is 11.9. The van der Waals surface area contributed by atoms with E-state index in [9.17, 15) is 15.3 Å². The van der Waals surface area contributed by atoms with Crippen LogP contribution in [0.1, 0.15) is 271 Å². The van der Waals surface area contributed by atoms with Crippen molar-refractivity contribution < 1.29 is 15.3 Å². The Kier molecular flexibility index (Phi) is 41.0. The summed E-state index contributed by atoms with van der Waals surface area (Å²) in [6.45, 7) is 6.47. The molecule has 3 N–H and O–H groups in total. The number of allylic oxidation sites excluding steroid dienone is 6. The molecule has 0 radical (unpaired) electrons. The third-order valence-electron chi connectivity index (χ3n) is 11.9. The molecule has 1 unspecified atom stereocenters. The molecule has 0 aliphatic carbocycles. The summed E-state index contributed by atoms with van der Waals surface area (Å²) in [5, 5.41) is 34.4. The van der Waals surface area contributed by atoms with Crippen LogP contribution in [0.2, 0.25) is 0 Å². The van der Waals surface area contributed by atoms with Gasteiger partial charge in [0.1, 0.15) is 5.60 Å². The van der Waals surface area contributed by atoms with E-state index in [0.29, 0.717) is 19.3 Å². The number of hydrogen-bond acceptors (Lipinski definition) is 3. The molecule has 0 aliphatic rings. The Morgan fingerprint density at radius 3 is 0.722 bits per heavy atom. The molecule has 0 saturated carbocycles. The molecular weight excluding hydrogens is 661 g/mol. The number of aliphatic hydroxyl groups is 3. The van der Waals surface area contributed by atoms with Gasteiger partial charge in [0, 0.05) is 0 Å². The standard InChI is InChI=1S/C51H98O3/c1-4-7-10-13-16-19-22-25-28-31-34-37-40-43-46-50(53,47-44-41-38-35-32-29-26-23-20-17-14-11-8-5-2)51(54,49-52)48-45-42-39-36-33-30-27-24-21-18-15-12-9-6-3/h19-24,52-54H,4-18,25-49H2,1-3H3/b22-19-,23-20-,24-21-. The van der Waals surface area contributed by atoms with E-state index in [1.54, 1.807) is 0 Å². The highest BCUT2D eigenvalue weighted by molar-refractivity contribution is 4.99. The summed E-state index contributed by atoms with van der Waals surface area (Å²) in [6, 6.07) is 0. The second-order valence-corrected chi connectivity index (χ2v) is 17.2. The number of hydrogen-bond donors (Lipinski definition) is 3. The van der Waals surface area contributed by atoms with Crippen molar-refractivity contribution >= 4 is 0 Å². The third kappa shape index (κ3) is 33.3. The highest BCUT2D eigenvalue weighted by Gasteiger charge is 2.47. The molecular formula is C51H98O3. The summed E-state index contributed by atoms with van der Waals surface area (Å²) in [7, 11) is 0. The van der Waals surface area contributed by atoms with Gasteiger partial charge in [0.05, 0.1) is 12.2 Å². The van der Waals surface area contributed by atoms with Gasteiger partial charge in [-0.2, -0.15) is 0 Å². The zero-order valence-electron chi connectivity index (χ0n) is 37.1. The first-order chi connectivity index (χ1) is 26.5. The molecule has 320 valence electrons. The lowest BCUT2D eigenvalue weighted by Gasteiger charge is -2.43. The van der Waals surface area contributed by atoms with Crippen molar-refractivity contribution in [3.8, 4) is 0 Å². The molecule has 0 saturated heterocycles. The van der Waals surface area contributed by atoms with Crippen LogP contribution in [0.15, 0.2) is 36.5 Å². The van der Waals surface area contributed by atoms with Crippen molar-refractivity contribution in [1.29, 1.82) is 0 Å². The predicted molar refractivity (Wildman–Crippen MR) is 241 cm³/mol. The van der Waals surface area contributed by atoms with Gasteiger partial charge in [-0.1, -0.05) is 211 Å². The lowest BCUT2D eigenvalue weighted by atomic mass is 9.73. The molecule has 0 heterocycles. The minimum atomic E-state index is -1.40. The first-order valence-corrected chi connectivity index (χ1v) is 24.5. The first-order valence-electron chi connectivity index (χ1n) is 24.5. The van der Waals surface area contributed by atoms with Crippen LogP contribution in [0.3, 0.4) is 0 Å². The van der Waals surface area contributed by atoms with Gasteiger partial charge in [0.15, 0.2) is 0 Å². The van der Waals surface area contributed by atoms with E-state index in [-0.39, 0.29) is 6.61 Å². The minimum Gasteiger partial charge on any atom is -0.393 e. The average Bonchev–Trinajstić information content (AvgIpc) is 3.18. The Morgan fingerprint density at radius 2 is 0.481 bits per heavy atom. The summed E-state index contributed by atoms with van der Waals surface area (Å²) in [5.74, 6) is 0. The van der Waals surface area contributed by atoms with Gasteiger partial charge in [-0.25, -0.2) is 0 Å². The molecule has 0 amide bonds. The van der Waals surface area contributed by atoms with E-state index in [1.807, 2.05) is 0 Å². The Morgan fingerprint density at radius 1 is 0.278 bits per heavy atom. The van der Waals surface area contributed by atoms with Gasteiger partial charge >= 0.3 is 0 Å². The molecule has 3 heteroatoms. The van der Waals surface area contributed by atoms with E-state index >= 15 is 0 Å². The molecule has 0 aromatic carbocycles. The van der Waals surface area contributed by atoms with Crippen LogP contribution in [0.5, 0.6) is 0 Å². The number of rotatable bonds is 44. The zero-order chi connectivity index (χ0) is 39.5. The first kappa shape index (κ1) is 53.1.